The lowest BCUT2D eigenvalue weighted by atomic mass is 9.98. The van der Waals surface area contributed by atoms with Gasteiger partial charge in [-0.1, -0.05) is 6.07 Å². The van der Waals surface area contributed by atoms with Crippen LogP contribution in [-0.2, 0) is 13.0 Å². The van der Waals surface area contributed by atoms with Gasteiger partial charge in [-0.3, -0.25) is 0 Å². The maximum atomic E-state index is 14.1. The molecule has 3 nitrogen and oxygen atoms in total. The minimum absolute atomic E-state index is 0.0181. The Bertz CT molecular complexity index is 727. The largest absolute Gasteiger partial charge is 0.399 e. The van der Waals surface area contributed by atoms with Crippen molar-refractivity contribution in [3.63, 3.8) is 0 Å². The molecular weight excluding hydrogens is 272 g/mol. The number of anilines is 2. The number of benzene rings is 2. The molecule has 1 heterocycles. The first kappa shape index (κ1) is 13.4. The molecule has 0 amide bonds. The first-order valence-corrected chi connectivity index (χ1v) is 6.60. The normalized spacial score (nSPS) is 13.7. The van der Waals surface area contributed by atoms with E-state index in [2.05, 4.69) is 0 Å². The molecule has 5 heteroatoms. The Morgan fingerprint density at radius 3 is 2.48 bits per heavy atom. The minimum atomic E-state index is -0.709. The van der Waals surface area contributed by atoms with Crippen molar-refractivity contribution in [3.05, 3.63) is 58.7 Å². The molecule has 2 aromatic rings. The highest BCUT2D eigenvalue weighted by Crippen LogP contribution is 2.30. The average Bonchev–Trinajstić information content (AvgIpc) is 2.46. The zero-order chi connectivity index (χ0) is 15.0. The standard InChI is InChI=1S/C16H13F2N3/c17-14-5-10(8-19)6-15(18)16(14)21-4-3-11-1-2-13(20)7-12(11)9-21/h1-2,5-7H,3-4,9,20H2. The van der Waals surface area contributed by atoms with Crippen molar-refractivity contribution < 1.29 is 8.78 Å². The van der Waals surface area contributed by atoms with Crippen molar-refractivity contribution in [2.24, 2.45) is 0 Å². The molecular formula is C16H13F2N3. The van der Waals surface area contributed by atoms with Crippen LogP contribution in [0.1, 0.15) is 16.7 Å². The van der Waals surface area contributed by atoms with E-state index in [0.29, 0.717) is 25.2 Å². The summed E-state index contributed by atoms with van der Waals surface area (Å²) in [4.78, 5) is 1.65. The second-order valence-electron chi connectivity index (χ2n) is 5.10. The monoisotopic (exact) mass is 285 g/mol. The number of hydrogen-bond acceptors (Lipinski definition) is 3. The Morgan fingerprint density at radius 2 is 1.81 bits per heavy atom. The predicted octanol–water partition coefficient (Wildman–Crippen LogP) is 2.98. The van der Waals surface area contributed by atoms with Crippen LogP contribution in [0.5, 0.6) is 0 Å². The number of hydrogen-bond donors (Lipinski definition) is 1. The van der Waals surface area contributed by atoms with E-state index in [1.165, 1.54) is 0 Å². The Labute approximate surface area is 121 Å². The Kier molecular flexibility index (Phi) is 3.22. The fraction of sp³-hybridized carbons (Fsp3) is 0.188. The molecule has 0 bridgehead atoms. The molecule has 0 fully saturated rings. The predicted molar refractivity (Wildman–Crippen MR) is 76.7 cm³/mol. The first-order valence-electron chi connectivity index (χ1n) is 6.60. The minimum Gasteiger partial charge on any atom is -0.399 e. The van der Waals surface area contributed by atoms with Gasteiger partial charge in [0.05, 0.1) is 11.6 Å². The molecule has 0 aromatic heterocycles. The number of nitriles is 1. The van der Waals surface area contributed by atoms with Gasteiger partial charge in [-0.05, 0) is 41.8 Å². The highest BCUT2D eigenvalue weighted by molar-refractivity contribution is 5.56. The molecule has 106 valence electrons. The van der Waals surface area contributed by atoms with Crippen LogP contribution in [0.15, 0.2) is 30.3 Å². The van der Waals surface area contributed by atoms with Crippen molar-refractivity contribution in [3.8, 4) is 6.07 Å². The lowest BCUT2D eigenvalue weighted by Crippen LogP contribution is -2.32. The van der Waals surface area contributed by atoms with Crippen molar-refractivity contribution >= 4 is 11.4 Å². The molecule has 0 saturated carbocycles. The van der Waals surface area contributed by atoms with Crippen LogP contribution in [0.3, 0.4) is 0 Å². The molecule has 0 unspecified atom stereocenters. The second-order valence-corrected chi connectivity index (χ2v) is 5.10. The lowest BCUT2D eigenvalue weighted by Gasteiger charge is -2.31. The molecule has 2 aromatic carbocycles. The highest BCUT2D eigenvalue weighted by Gasteiger charge is 2.22. The summed E-state index contributed by atoms with van der Waals surface area (Å²) in [5.41, 5.74) is 8.42. The number of rotatable bonds is 1. The van der Waals surface area contributed by atoms with E-state index >= 15 is 0 Å². The van der Waals surface area contributed by atoms with Crippen LogP contribution in [0.25, 0.3) is 0 Å². The van der Waals surface area contributed by atoms with Gasteiger partial charge in [-0.25, -0.2) is 8.78 Å². The number of nitrogens with zero attached hydrogens (tertiary/aromatic N) is 2. The molecule has 0 spiro atoms. The number of nitrogen functional groups attached to an aromatic ring is 1. The van der Waals surface area contributed by atoms with Gasteiger partial charge in [-0.2, -0.15) is 5.26 Å². The van der Waals surface area contributed by atoms with Crippen LogP contribution >= 0.6 is 0 Å². The summed E-state index contributed by atoms with van der Waals surface area (Å²) in [5, 5.41) is 8.74. The molecule has 21 heavy (non-hydrogen) atoms. The van der Waals surface area contributed by atoms with E-state index in [1.807, 2.05) is 18.2 Å². The lowest BCUT2D eigenvalue weighted by molar-refractivity contribution is 0.564. The van der Waals surface area contributed by atoms with Gasteiger partial charge in [0.2, 0.25) is 0 Å². The zero-order valence-corrected chi connectivity index (χ0v) is 11.2. The second kappa shape index (κ2) is 5.06. The van der Waals surface area contributed by atoms with Crippen molar-refractivity contribution in [1.82, 2.24) is 0 Å². The maximum Gasteiger partial charge on any atom is 0.150 e. The van der Waals surface area contributed by atoms with Gasteiger partial charge in [0.25, 0.3) is 0 Å². The van der Waals surface area contributed by atoms with Crippen molar-refractivity contribution in [1.29, 1.82) is 5.26 Å². The Hall–Kier alpha value is -2.61. The van der Waals surface area contributed by atoms with E-state index in [9.17, 15) is 8.78 Å². The van der Waals surface area contributed by atoms with Crippen LogP contribution < -0.4 is 10.6 Å². The number of nitrogens with two attached hydrogens (primary N) is 1. The van der Waals surface area contributed by atoms with E-state index in [4.69, 9.17) is 11.0 Å². The van der Waals surface area contributed by atoms with Gasteiger partial charge in [0.15, 0.2) is 11.6 Å². The highest BCUT2D eigenvalue weighted by atomic mass is 19.1. The SMILES string of the molecule is N#Cc1cc(F)c(N2CCc3ccc(N)cc3C2)c(F)c1. The number of fused-ring (bicyclic) bond motifs is 1. The van der Waals surface area contributed by atoms with Gasteiger partial charge < -0.3 is 10.6 Å². The van der Waals surface area contributed by atoms with Crippen LogP contribution in [-0.4, -0.2) is 6.54 Å². The Balaban J connectivity index is 1.98. The average molecular weight is 285 g/mol. The fourth-order valence-corrected chi connectivity index (χ4v) is 2.70. The summed E-state index contributed by atoms with van der Waals surface area (Å²) in [5.74, 6) is -1.42. The fourth-order valence-electron chi connectivity index (χ4n) is 2.70. The van der Waals surface area contributed by atoms with Gasteiger partial charge in [-0.15, -0.1) is 0 Å². The molecule has 0 radical (unpaired) electrons. The van der Waals surface area contributed by atoms with E-state index in [-0.39, 0.29) is 11.3 Å². The quantitative estimate of drug-likeness (QED) is 0.819. The third-order valence-electron chi connectivity index (χ3n) is 3.70. The third kappa shape index (κ3) is 2.40. The topological polar surface area (TPSA) is 53.0 Å². The van der Waals surface area contributed by atoms with Gasteiger partial charge in [0, 0.05) is 18.8 Å². The van der Waals surface area contributed by atoms with Crippen LogP contribution in [0, 0.1) is 23.0 Å². The van der Waals surface area contributed by atoms with E-state index < -0.39 is 11.6 Å². The van der Waals surface area contributed by atoms with Gasteiger partial charge in [0.1, 0.15) is 5.69 Å². The molecule has 0 atom stereocenters. The summed E-state index contributed by atoms with van der Waals surface area (Å²) >= 11 is 0. The summed E-state index contributed by atoms with van der Waals surface area (Å²) in [6.07, 6.45) is 0.703. The van der Waals surface area contributed by atoms with Crippen LogP contribution in [0.4, 0.5) is 20.2 Å². The summed E-state index contributed by atoms with van der Waals surface area (Å²) < 4.78 is 28.2. The molecule has 3 rings (SSSR count). The van der Waals surface area contributed by atoms with Crippen molar-refractivity contribution in [2.75, 3.05) is 17.2 Å². The third-order valence-corrected chi connectivity index (χ3v) is 3.70. The summed E-state index contributed by atoms with van der Waals surface area (Å²) in [7, 11) is 0. The molecule has 2 N–H and O–H groups in total. The van der Waals surface area contributed by atoms with E-state index in [1.54, 1.807) is 11.0 Å². The summed E-state index contributed by atoms with van der Waals surface area (Å²) in [6, 6.07) is 9.49. The summed E-state index contributed by atoms with van der Waals surface area (Å²) in [6.45, 7) is 0.927. The van der Waals surface area contributed by atoms with Gasteiger partial charge >= 0.3 is 0 Å². The first-order chi connectivity index (χ1) is 10.1. The maximum absolute atomic E-state index is 14.1. The number of halogens is 2. The van der Waals surface area contributed by atoms with Crippen molar-refractivity contribution in [2.45, 2.75) is 13.0 Å². The smallest absolute Gasteiger partial charge is 0.150 e. The van der Waals surface area contributed by atoms with E-state index in [0.717, 1.165) is 23.3 Å². The molecule has 1 aliphatic heterocycles. The molecule has 1 aliphatic rings. The molecule has 0 aliphatic carbocycles. The Morgan fingerprint density at radius 1 is 1.10 bits per heavy atom. The zero-order valence-electron chi connectivity index (χ0n) is 11.2. The van der Waals surface area contributed by atoms with Crippen LogP contribution in [0.2, 0.25) is 0 Å². The molecule has 0 saturated heterocycles.